The third-order valence-electron chi connectivity index (χ3n) is 6.31. The van der Waals surface area contributed by atoms with Crippen LogP contribution >= 0.6 is 0 Å². The lowest BCUT2D eigenvalue weighted by Gasteiger charge is -2.19. The average Bonchev–Trinajstić information content (AvgIpc) is 3.15. The summed E-state index contributed by atoms with van der Waals surface area (Å²) in [6, 6.07) is 23.2. The zero-order chi connectivity index (χ0) is 24.1. The Morgan fingerprint density at radius 1 is 0.882 bits per heavy atom. The molecule has 0 saturated carbocycles. The van der Waals surface area contributed by atoms with Crippen molar-refractivity contribution in [2.24, 2.45) is 0 Å². The van der Waals surface area contributed by atoms with Crippen molar-refractivity contribution in [2.45, 2.75) is 45.1 Å². The number of hydrogen-bond acceptors (Lipinski definition) is 4. The van der Waals surface area contributed by atoms with Gasteiger partial charge in [0.25, 0.3) is 0 Å². The smallest absolute Gasteiger partial charge is 0.407 e. The molecule has 0 spiro atoms. The Balaban J connectivity index is 1.42. The molecular formula is C29H29NO4. The zero-order valence-electron chi connectivity index (χ0n) is 19.5. The highest BCUT2D eigenvalue weighted by atomic mass is 16.5. The van der Waals surface area contributed by atoms with Gasteiger partial charge in [-0.25, -0.2) is 4.79 Å². The van der Waals surface area contributed by atoms with Gasteiger partial charge in [0, 0.05) is 18.8 Å². The Morgan fingerprint density at radius 3 is 2.06 bits per heavy atom. The second-order valence-corrected chi connectivity index (χ2v) is 8.89. The topological polar surface area (TPSA) is 72.5 Å². The molecule has 0 aromatic heterocycles. The van der Waals surface area contributed by atoms with Crippen molar-refractivity contribution in [1.29, 1.82) is 0 Å². The standard InChI is InChI=1S/C29H29NO4/c1-19-11-14-21(15-12-19)17-28(32)27(16-13-20(2)31)30-29(33)34-18-26-24-9-5-3-7-22(24)23-8-4-6-10-25(23)26/h3-12,14-15,26-27H,13,16-18H2,1-2H3,(H,30,33)/t27-/m0/s1. The van der Waals surface area contributed by atoms with Crippen molar-refractivity contribution in [3.8, 4) is 11.1 Å². The SMILES string of the molecule is CC(=O)CC[C@H](NC(=O)OCC1c2ccccc2-c2ccccc21)C(=O)Cc1ccc(C)cc1. The van der Waals surface area contributed by atoms with Gasteiger partial charge in [-0.05, 0) is 48.1 Å². The van der Waals surface area contributed by atoms with Gasteiger partial charge in [-0.15, -0.1) is 0 Å². The van der Waals surface area contributed by atoms with Crippen molar-refractivity contribution in [3.63, 3.8) is 0 Å². The number of fused-ring (bicyclic) bond motifs is 3. The normalized spacial score (nSPS) is 13.0. The average molecular weight is 456 g/mol. The quantitative estimate of drug-likeness (QED) is 0.470. The lowest BCUT2D eigenvalue weighted by molar-refractivity contribution is -0.121. The largest absolute Gasteiger partial charge is 0.449 e. The highest BCUT2D eigenvalue weighted by molar-refractivity contribution is 5.89. The first kappa shape index (κ1) is 23.4. The summed E-state index contributed by atoms with van der Waals surface area (Å²) in [5.41, 5.74) is 6.54. The number of ether oxygens (including phenoxy) is 1. The summed E-state index contributed by atoms with van der Waals surface area (Å²) < 4.78 is 5.61. The molecule has 0 fully saturated rings. The summed E-state index contributed by atoms with van der Waals surface area (Å²) in [5, 5.41) is 2.71. The highest BCUT2D eigenvalue weighted by Crippen LogP contribution is 2.44. The van der Waals surface area contributed by atoms with Crippen LogP contribution in [0.25, 0.3) is 11.1 Å². The van der Waals surface area contributed by atoms with Gasteiger partial charge in [0.2, 0.25) is 0 Å². The number of Topliss-reactive ketones (excluding diaryl/α,β-unsaturated/α-hetero) is 2. The molecule has 1 aliphatic carbocycles. The van der Waals surface area contributed by atoms with Crippen molar-refractivity contribution >= 4 is 17.7 Å². The fourth-order valence-electron chi connectivity index (χ4n) is 4.47. The predicted molar refractivity (Wildman–Crippen MR) is 132 cm³/mol. The predicted octanol–water partition coefficient (Wildman–Crippen LogP) is 5.38. The molecule has 0 saturated heterocycles. The number of hydrogen-bond donors (Lipinski definition) is 1. The molecule has 0 bridgehead atoms. The number of carbonyl (C=O) groups is 3. The van der Waals surface area contributed by atoms with Crippen molar-refractivity contribution in [2.75, 3.05) is 6.61 Å². The van der Waals surface area contributed by atoms with Crippen LogP contribution in [0.1, 0.15) is 47.9 Å². The van der Waals surface area contributed by atoms with Gasteiger partial charge >= 0.3 is 6.09 Å². The van der Waals surface area contributed by atoms with Crippen LogP contribution in [-0.2, 0) is 20.7 Å². The van der Waals surface area contributed by atoms with Gasteiger partial charge in [-0.3, -0.25) is 4.79 Å². The number of rotatable bonds is 9. The number of amides is 1. The molecule has 0 radical (unpaired) electrons. The first-order valence-corrected chi connectivity index (χ1v) is 11.6. The number of nitrogens with one attached hydrogen (secondary N) is 1. The van der Waals surface area contributed by atoms with Crippen LogP contribution in [0.3, 0.4) is 0 Å². The van der Waals surface area contributed by atoms with E-state index in [4.69, 9.17) is 4.74 Å². The van der Waals surface area contributed by atoms with Crippen LogP contribution in [-0.4, -0.2) is 30.3 Å². The molecule has 5 heteroatoms. The molecule has 1 aliphatic rings. The number of benzene rings is 3. The lowest BCUT2D eigenvalue weighted by Crippen LogP contribution is -2.42. The summed E-state index contributed by atoms with van der Waals surface area (Å²) in [7, 11) is 0. The molecule has 4 rings (SSSR count). The second-order valence-electron chi connectivity index (χ2n) is 8.89. The van der Waals surface area contributed by atoms with Gasteiger partial charge in [-0.1, -0.05) is 78.4 Å². The molecule has 34 heavy (non-hydrogen) atoms. The van der Waals surface area contributed by atoms with E-state index < -0.39 is 12.1 Å². The Kier molecular flexibility index (Phi) is 7.21. The molecule has 0 aliphatic heterocycles. The van der Waals surface area contributed by atoms with Crippen LogP contribution in [0.2, 0.25) is 0 Å². The first-order valence-electron chi connectivity index (χ1n) is 11.6. The minimum atomic E-state index is -0.777. The summed E-state index contributed by atoms with van der Waals surface area (Å²) in [5.74, 6) is -0.224. The van der Waals surface area contributed by atoms with Crippen LogP contribution in [0.5, 0.6) is 0 Å². The summed E-state index contributed by atoms with van der Waals surface area (Å²) in [4.78, 5) is 37.2. The first-order chi connectivity index (χ1) is 16.4. The van der Waals surface area contributed by atoms with Gasteiger partial charge < -0.3 is 14.8 Å². The fraction of sp³-hybridized carbons (Fsp3) is 0.276. The van der Waals surface area contributed by atoms with Gasteiger partial charge in [-0.2, -0.15) is 0 Å². The number of alkyl carbamates (subject to hydrolysis) is 1. The van der Waals surface area contributed by atoms with Crippen molar-refractivity contribution in [3.05, 3.63) is 95.1 Å². The Bertz CT molecular complexity index is 1150. The van der Waals surface area contributed by atoms with E-state index in [1.165, 1.54) is 6.92 Å². The maximum Gasteiger partial charge on any atom is 0.407 e. The monoisotopic (exact) mass is 455 g/mol. The highest BCUT2D eigenvalue weighted by Gasteiger charge is 2.29. The van der Waals surface area contributed by atoms with Gasteiger partial charge in [0.15, 0.2) is 5.78 Å². The summed E-state index contributed by atoms with van der Waals surface area (Å²) in [6.07, 6.45) is 0.0118. The zero-order valence-corrected chi connectivity index (χ0v) is 19.5. The van der Waals surface area contributed by atoms with Gasteiger partial charge in [0.1, 0.15) is 12.4 Å². The van der Waals surface area contributed by atoms with Crippen molar-refractivity contribution < 1.29 is 19.1 Å². The minimum absolute atomic E-state index is 0.0255. The lowest BCUT2D eigenvalue weighted by atomic mass is 9.98. The molecular weight excluding hydrogens is 426 g/mol. The summed E-state index contributed by atoms with van der Waals surface area (Å²) in [6.45, 7) is 3.64. The third-order valence-corrected chi connectivity index (χ3v) is 6.31. The van der Waals surface area contributed by atoms with E-state index in [0.29, 0.717) is 0 Å². The number of carbonyl (C=O) groups excluding carboxylic acids is 3. The van der Waals surface area contributed by atoms with E-state index in [9.17, 15) is 14.4 Å². The van der Waals surface area contributed by atoms with Crippen LogP contribution in [0.15, 0.2) is 72.8 Å². The van der Waals surface area contributed by atoms with Crippen molar-refractivity contribution in [1.82, 2.24) is 5.32 Å². The number of aryl methyl sites for hydroxylation is 1. The van der Waals surface area contributed by atoms with E-state index in [1.54, 1.807) is 0 Å². The van der Waals surface area contributed by atoms with Crippen LogP contribution in [0, 0.1) is 6.92 Å². The minimum Gasteiger partial charge on any atom is -0.449 e. The van der Waals surface area contributed by atoms with E-state index >= 15 is 0 Å². The Hall–Kier alpha value is -3.73. The molecule has 1 atom stereocenters. The van der Waals surface area contributed by atoms with E-state index in [1.807, 2.05) is 55.5 Å². The van der Waals surface area contributed by atoms with E-state index in [-0.39, 0.29) is 43.4 Å². The molecule has 1 N–H and O–H groups in total. The molecule has 1 amide bonds. The second kappa shape index (κ2) is 10.5. The Labute approximate surface area is 200 Å². The fourth-order valence-corrected chi connectivity index (χ4v) is 4.47. The molecule has 3 aromatic rings. The van der Waals surface area contributed by atoms with E-state index in [2.05, 4.69) is 29.6 Å². The molecule has 0 unspecified atom stereocenters. The molecule has 3 aromatic carbocycles. The molecule has 5 nitrogen and oxygen atoms in total. The third kappa shape index (κ3) is 5.42. The summed E-state index contributed by atoms with van der Waals surface area (Å²) >= 11 is 0. The maximum atomic E-state index is 13.0. The molecule has 174 valence electrons. The number of ketones is 2. The Morgan fingerprint density at radius 2 is 1.47 bits per heavy atom. The maximum absolute atomic E-state index is 13.0. The van der Waals surface area contributed by atoms with E-state index in [0.717, 1.165) is 33.4 Å². The van der Waals surface area contributed by atoms with Gasteiger partial charge in [0.05, 0.1) is 6.04 Å². The van der Waals surface area contributed by atoms with Crippen LogP contribution in [0.4, 0.5) is 4.79 Å². The van der Waals surface area contributed by atoms with Crippen LogP contribution < -0.4 is 5.32 Å². The molecule has 0 heterocycles.